The molecule has 2 fully saturated rings. The van der Waals surface area contributed by atoms with Crippen molar-refractivity contribution >= 4 is 22.9 Å². The highest BCUT2D eigenvalue weighted by Crippen LogP contribution is 2.35. The predicted molar refractivity (Wildman–Crippen MR) is 99.4 cm³/mol. The van der Waals surface area contributed by atoms with Gasteiger partial charge in [-0.15, -0.1) is 0 Å². The van der Waals surface area contributed by atoms with Gasteiger partial charge in [0.05, 0.1) is 6.54 Å². The molecule has 1 aliphatic heterocycles. The van der Waals surface area contributed by atoms with Crippen molar-refractivity contribution in [2.24, 2.45) is 0 Å². The monoisotopic (exact) mass is 366 g/mol. The smallest absolute Gasteiger partial charge is 0.336 e. The van der Waals surface area contributed by atoms with Crippen LogP contribution in [0, 0.1) is 0 Å². The number of carbonyl (C=O) groups is 2. The maximum absolute atomic E-state index is 13.0. The van der Waals surface area contributed by atoms with Gasteiger partial charge in [0.1, 0.15) is 11.1 Å². The summed E-state index contributed by atoms with van der Waals surface area (Å²) >= 11 is 0. The molecule has 27 heavy (non-hydrogen) atoms. The predicted octanol–water partition coefficient (Wildman–Crippen LogP) is 3.04. The van der Waals surface area contributed by atoms with Gasteiger partial charge in [0.2, 0.25) is 0 Å². The van der Waals surface area contributed by atoms with Crippen LogP contribution in [0.15, 0.2) is 27.4 Å². The Morgan fingerprint density at radius 1 is 0.963 bits per heavy atom. The Hall–Kier alpha value is -2.63. The average molecular weight is 366 g/mol. The van der Waals surface area contributed by atoms with E-state index in [0.717, 1.165) is 43.9 Å². The summed E-state index contributed by atoms with van der Waals surface area (Å²) in [5.41, 5.74) is 2.50. The molecular formula is C21H22N2O4. The van der Waals surface area contributed by atoms with E-state index in [1.807, 2.05) is 6.07 Å². The van der Waals surface area contributed by atoms with Crippen LogP contribution in [-0.2, 0) is 24.2 Å². The molecule has 1 aromatic heterocycles. The van der Waals surface area contributed by atoms with Gasteiger partial charge in [-0.05, 0) is 60.9 Å². The van der Waals surface area contributed by atoms with E-state index in [4.69, 9.17) is 4.42 Å². The molecule has 0 radical (unpaired) electrons. The highest BCUT2D eigenvalue weighted by atomic mass is 16.4. The SMILES string of the molecule is O=C1NC2(CCCCC2)C(=O)N1Cc1cc(=O)oc2cc3c(cc12)CCC3. The quantitative estimate of drug-likeness (QED) is 0.654. The van der Waals surface area contributed by atoms with Crippen LogP contribution >= 0.6 is 0 Å². The first-order valence-electron chi connectivity index (χ1n) is 9.78. The van der Waals surface area contributed by atoms with Crippen molar-refractivity contribution in [2.45, 2.75) is 63.5 Å². The molecule has 2 aliphatic carbocycles. The third-order valence-electron chi connectivity index (χ3n) is 6.32. The fourth-order valence-corrected chi connectivity index (χ4v) is 4.91. The number of hydrogen-bond acceptors (Lipinski definition) is 4. The Labute approximate surface area is 156 Å². The summed E-state index contributed by atoms with van der Waals surface area (Å²) in [5.74, 6) is -0.158. The number of nitrogens with one attached hydrogen (secondary N) is 1. The molecule has 1 aromatic carbocycles. The van der Waals surface area contributed by atoms with E-state index in [1.165, 1.54) is 22.1 Å². The molecule has 2 heterocycles. The first-order chi connectivity index (χ1) is 13.1. The summed E-state index contributed by atoms with van der Waals surface area (Å²) in [6.07, 6.45) is 7.48. The van der Waals surface area contributed by atoms with Crippen molar-refractivity contribution in [3.8, 4) is 0 Å². The van der Waals surface area contributed by atoms with Gasteiger partial charge in [0.15, 0.2) is 0 Å². The van der Waals surface area contributed by atoms with E-state index in [1.54, 1.807) is 0 Å². The molecule has 3 amide bonds. The molecule has 1 spiro atoms. The van der Waals surface area contributed by atoms with E-state index in [-0.39, 0.29) is 18.5 Å². The second-order valence-electron chi connectivity index (χ2n) is 8.03. The summed E-state index contributed by atoms with van der Waals surface area (Å²) in [4.78, 5) is 38.9. The fraction of sp³-hybridized carbons (Fsp3) is 0.476. The lowest BCUT2D eigenvalue weighted by Crippen LogP contribution is -2.48. The lowest BCUT2D eigenvalue weighted by atomic mass is 9.82. The second-order valence-corrected chi connectivity index (χ2v) is 8.03. The largest absolute Gasteiger partial charge is 0.423 e. The second kappa shape index (κ2) is 5.94. The van der Waals surface area contributed by atoms with Crippen molar-refractivity contribution in [1.29, 1.82) is 0 Å². The Morgan fingerprint density at radius 2 is 1.70 bits per heavy atom. The molecule has 0 bridgehead atoms. The van der Waals surface area contributed by atoms with Crippen LogP contribution in [0.2, 0.25) is 0 Å². The Morgan fingerprint density at radius 3 is 2.48 bits per heavy atom. The van der Waals surface area contributed by atoms with Gasteiger partial charge in [-0.25, -0.2) is 9.59 Å². The maximum atomic E-state index is 13.0. The molecule has 140 valence electrons. The molecule has 0 unspecified atom stereocenters. The molecule has 3 aliphatic rings. The lowest BCUT2D eigenvalue weighted by Gasteiger charge is -2.30. The number of urea groups is 1. The molecule has 0 atom stereocenters. The first kappa shape index (κ1) is 16.5. The van der Waals surface area contributed by atoms with Crippen LogP contribution in [0.4, 0.5) is 4.79 Å². The number of aryl methyl sites for hydroxylation is 2. The van der Waals surface area contributed by atoms with Crippen molar-refractivity contribution in [2.75, 3.05) is 0 Å². The number of amides is 3. The number of benzene rings is 1. The minimum atomic E-state index is -0.744. The van der Waals surface area contributed by atoms with Gasteiger partial charge in [0, 0.05) is 11.5 Å². The molecular weight excluding hydrogens is 344 g/mol. The van der Waals surface area contributed by atoms with Crippen molar-refractivity contribution < 1.29 is 14.0 Å². The zero-order chi connectivity index (χ0) is 18.6. The van der Waals surface area contributed by atoms with Gasteiger partial charge in [0.25, 0.3) is 5.91 Å². The van der Waals surface area contributed by atoms with Crippen LogP contribution in [-0.4, -0.2) is 22.4 Å². The third-order valence-corrected chi connectivity index (χ3v) is 6.32. The number of fused-ring (bicyclic) bond motifs is 2. The minimum Gasteiger partial charge on any atom is -0.423 e. The van der Waals surface area contributed by atoms with E-state index >= 15 is 0 Å². The fourth-order valence-electron chi connectivity index (χ4n) is 4.91. The lowest BCUT2D eigenvalue weighted by molar-refractivity contribution is -0.132. The van der Waals surface area contributed by atoms with Crippen LogP contribution in [0.25, 0.3) is 11.0 Å². The molecule has 5 rings (SSSR count). The van der Waals surface area contributed by atoms with Gasteiger partial charge < -0.3 is 9.73 Å². The van der Waals surface area contributed by atoms with Gasteiger partial charge in [-0.2, -0.15) is 0 Å². The number of imide groups is 1. The summed E-state index contributed by atoms with van der Waals surface area (Å²) in [6, 6.07) is 5.06. The van der Waals surface area contributed by atoms with E-state index in [0.29, 0.717) is 24.0 Å². The summed E-state index contributed by atoms with van der Waals surface area (Å²) < 4.78 is 5.40. The van der Waals surface area contributed by atoms with Crippen molar-refractivity contribution in [3.63, 3.8) is 0 Å². The molecule has 1 saturated carbocycles. The Bertz CT molecular complexity index is 1020. The zero-order valence-electron chi connectivity index (χ0n) is 15.2. The number of carbonyl (C=O) groups excluding carboxylic acids is 2. The first-order valence-corrected chi connectivity index (χ1v) is 9.78. The molecule has 1 N–H and O–H groups in total. The number of rotatable bonds is 2. The van der Waals surface area contributed by atoms with Crippen LogP contribution < -0.4 is 10.9 Å². The van der Waals surface area contributed by atoms with E-state index in [2.05, 4.69) is 11.4 Å². The van der Waals surface area contributed by atoms with Gasteiger partial charge in [-0.1, -0.05) is 19.3 Å². The van der Waals surface area contributed by atoms with Crippen LogP contribution in [0.1, 0.15) is 55.2 Å². The Kier molecular flexibility index (Phi) is 3.64. The highest BCUT2D eigenvalue weighted by molar-refractivity contribution is 6.07. The van der Waals surface area contributed by atoms with Gasteiger partial charge in [-0.3, -0.25) is 9.69 Å². The summed E-state index contributed by atoms with van der Waals surface area (Å²) in [6.45, 7) is 0.104. The summed E-state index contributed by atoms with van der Waals surface area (Å²) in [5, 5.41) is 3.75. The van der Waals surface area contributed by atoms with Crippen LogP contribution in [0.5, 0.6) is 0 Å². The van der Waals surface area contributed by atoms with E-state index in [9.17, 15) is 14.4 Å². The van der Waals surface area contributed by atoms with E-state index < -0.39 is 11.2 Å². The molecule has 2 aromatic rings. The zero-order valence-corrected chi connectivity index (χ0v) is 15.2. The average Bonchev–Trinajstić information content (AvgIpc) is 3.19. The number of hydrogen-bond donors (Lipinski definition) is 1. The molecule has 6 nitrogen and oxygen atoms in total. The maximum Gasteiger partial charge on any atom is 0.336 e. The standard InChI is InChI=1S/C21H22N2O4/c24-18-11-15(16-9-13-5-4-6-14(13)10-17(16)27-18)12-23-19(25)21(22-20(23)26)7-2-1-3-8-21/h9-11H,1-8,12H2,(H,22,26). The van der Waals surface area contributed by atoms with Crippen molar-refractivity contribution in [1.82, 2.24) is 10.2 Å². The molecule has 6 heteroatoms. The summed E-state index contributed by atoms with van der Waals surface area (Å²) in [7, 11) is 0. The van der Waals surface area contributed by atoms with Crippen LogP contribution in [0.3, 0.4) is 0 Å². The number of nitrogens with zero attached hydrogens (tertiary/aromatic N) is 1. The van der Waals surface area contributed by atoms with Gasteiger partial charge >= 0.3 is 11.7 Å². The normalized spacial score (nSPS) is 21.1. The molecule has 1 saturated heterocycles. The third kappa shape index (κ3) is 2.58. The minimum absolute atomic E-state index is 0.104. The highest BCUT2D eigenvalue weighted by Gasteiger charge is 2.51. The van der Waals surface area contributed by atoms with Crippen molar-refractivity contribution in [3.05, 3.63) is 45.3 Å². The Balaban J connectivity index is 1.54. The topological polar surface area (TPSA) is 79.6 Å².